The van der Waals surface area contributed by atoms with Crippen LogP contribution in [0.5, 0.6) is 11.5 Å². The van der Waals surface area contributed by atoms with Gasteiger partial charge in [-0.25, -0.2) is 0 Å². The SMILES string of the molecule is COc1cc(/C=C2\SC(=O)N(CCc3ccccc3)C2=O)cc(Br)c1OCc1ccc(Br)cc1. The van der Waals surface area contributed by atoms with Crippen LogP contribution >= 0.6 is 43.6 Å². The van der Waals surface area contributed by atoms with Gasteiger partial charge in [-0.05, 0) is 81.1 Å². The smallest absolute Gasteiger partial charge is 0.293 e. The average molecular weight is 603 g/mol. The lowest BCUT2D eigenvalue weighted by Gasteiger charge is -2.14. The van der Waals surface area contributed by atoms with Gasteiger partial charge in [0.05, 0.1) is 16.5 Å². The van der Waals surface area contributed by atoms with Crippen molar-refractivity contribution in [3.63, 3.8) is 0 Å². The molecule has 8 heteroatoms. The molecular formula is C26H21Br2NO4S. The number of methoxy groups -OCH3 is 1. The third-order valence-electron chi connectivity index (χ3n) is 5.19. The minimum Gasteiger partial charge on any atom is -0.493 e. The van der Waals surface area contributed by atoms with Gasteiger partial charge in [0, 0.05) is 11.0 Å². The number of halogens is 2. The Morgan fingerprint density at radius 3 is 2.41 bits per heavy atom. The first-order valence-electron chi connectivity index (χ1n) is 10.5. The van der Waals surface area contributed by atoms with Gasteiger partial charge in [-0.1, -0.05) is 58.4 Å². The van der Waals surface area contributed by atoms with Crippen LogP contribution in [0.4, 0.5) is 4.79 Å². The van der Waals surface area contributed by atoms with Gasteiger partial charge in [-0.2, -0.15) is 0 Å². The van der Waals surface area contributed by atoms with Crippen molar-refractivity contribution in [2.45, 2.75) is 13.0 Å². The number of benzene rings is 3. The van der Waals surface area contributed by atoms with E-state index in [1.54, 1.807) is 19.3 Å². The highest BCUT2D eigenvalue weighted by molar-refractivity contribution is 9.10. The average Bonchev–Trinajstić information content (AvgIpc) is 3.10. The predicted molar refractivity (Wildman–Crippen MR) is 142 cm³/mol. The largest absolute Gasteiger partial charge is 0.493 e. The highest BCUT2D eigenvalue weighted by Gasteiger charge is 2.34. The van der Waals surface area contributed by atoms with Crippen molar-refractivity contribution in [2.75, 3.05) is 13.7 Å². The number of rotatable bonds is 8. The quantitative estimate of drug-likeness (QED) is 0.258. The standard InChI is InChI=1S/C26H21Br2NO4S/c1-32-22-14-19(13-21(28)24(22)33-16-18-7-9-20(27)10-8-18)15-23-25(30)29(26(31)34-23)12-11-17-5-3-2-4-6-17/h2-10,13-15H,11-12,16H2,1H3/b23-15-. The lowest BCUT2D eigenvalue weighted by atomic mass is 10.1. The number of hydrogen-bond donors (Lipinski definition) is 0. The molecule has 3 aromatic carbocycles. The van der Waals surface area contributed by atoms with Gasteiger partial charge in [0.15, 0.2) is 11.5 Å². The Hall–Kier alpha value is -2.55. The Balaban J connectivity index is 1.48. The number of ether oxygens (including phenoxy) is 2. The molecule has 5 nitrogen and oxygen atoms in total. The van der Waals surface area contributed by atoms with Crippen LogP contribution < -0.4 is 9.47 Å². The van der Waals surface area contributed by atoms with Crippen molar-refractivity contribution in [1.82, 2.24) is 4.90 Å². The molecule has 1 saturated heterocycles. The maximum absolute atomic E-state index is 12.9. The predicted octanol–water partition coefficient (Wildman–Crippen LogP) is 7.08. The van der Waals surface area contributed by atoms with Gasteiger partial charge >= 0.3 is 0 Å². The van der Waals surface area contributed by atoms with Gasteiger partial charge < -0.3 is 9.47 Å². The highest BCUT2D eigenvalue weighted by Crippen LogP contribution is 2.39. The van der Waals surface area contributed by atoms with Crippen LogP contribution in [0.15, 0.2) is 80.6 Å². The van der Waals surface area contributed by atoms with Crippen LogP contribution in [-0.4, -0.2) is 29.7 Å². The molecule has 0 saturated carbocycles. The number of carbonyl (C=O) groups is 2. The second-order valence-electron chi connectivity index (χ2n) is 7.52. The minimum absolute atomic E-state index is 0.257. The van der Waals surface area contributed by atoms with Crippen molar-refractivity contribution in [1.29, 1.82) is 0 Å². The molecule has 0 N–H and O–H groups in total. The van der Waals surface area contributed by atoms with Crippen LogP contribution in [0, 0.1) is 0 Å². The van der Waals surface area contributed by atoms with Crippen molar-refractivity contribution in [3.8, 4) is 11.5 Å². The van der Waals surface area contributed by atoms with Gasteiger partial charge in [0.1, 0.15) is 6.61 Å². The molecule has 0 unspecified atom stereocenters. The highest BCUT2D eigenvalue weighted by atomic mass is 79.9. The van der Waals surface area contributed by atoms with E-state index < -0.39 is 0 Å². The molecule has 1 fully saturated rings. The maximum atomic E-state index is 12.9. The first-order valence-corrected chi connectivity index (χ1v) is 12.9. The van der Waals surface area contributed by atoms with E-state index in [9.17, 15) is 9.59 Å². The molecule has 4 rings (SSSR count). The minimum atomic E-state index is -0.281. The summed E-state index contributed by atoms with van der Waals surface area (Å²) in [6.07, 6.45) is 2.33. The molecule has 0 radical (unpaired) electrons. The Morgan fingerprint density at radius 2 is 1.71 bits per heavy atom. The first kappa shape index (κ1) is 24.6. The van der Waals surface area contributed by atoms with E-state index in [0.29, 0.717) is 40.4 Å². The second-order valence-corrected chi connectivity index (χ2v) is 10.3. The Kier molecular flexibility index (Phi) is 8.13. The third kappa shape index (κ3) is 5.92. The van der Waals surface area contributed by atoms with Gasteiger partial charge in [-0.3, -0.25) is 14.5 Å². The van der Waals surface area contributed by atoms with Crippen LogP contribution in [0.2, 0.25) is 0 Å². The van der Waals surface area contributed by atoms with Gasteiger partial charge in [-0.15, -0.1) is 0 Å². The molecule has 0 atom stereocenters. The van der Waals surface area contributed by atoms with E-state index in [-0.39, 0.29) is 11.1 Å². The lowest BCUT2D eigenvalue weighted by molar-refractivity contribution is -0.122. The molecule has 1 aliphatic rings. The summed E-state index contributed by atoms with van der Waals surface area (Å²) in [5.74, 6) is 0.816. The number of carbonyl (C=O) groups excluding carboxylic acids is 2. The summed E-state index contributed by atoms with van der Waals surface area (Å²) in [4.78, 5) is 27.0. The summed E-state index contributed by atoms with van der Waals surface area (Å²) >= 11 is 7.93. The normalized spacial score (nSPS) is 14.7. The Morgan fingerprint density at radius 1 is 0.971 bits per heavy atom. The zero-order valence-corrected chi connectivity index (χ0v) is 22.3. The van der Waals surface area contributed by atoms with Gasteiger partial charge in [0.2, 0.25) is 0 Å². The first-order chi connectivity index (χ1) is 16.4. The van der Waals surface area contributed by atoms with Crippen molar-refractivity contribution in [2.24, 2.45) is 0 Å². The van der Waals surface area contributed by atoms with E-state index in [4.69, 9.17) is 9.47 Å². The van der Waals surface area contributed by atoms with Crippen molar-refractivity contribution < 1.29 is 19.1 Å². The molecule has 0 spiro atoms. The van der Waals surface area contributed by atoms with Crippen molar-refractivity contribution >= 4 is 60.8 Å². The fourth-order valence-electron chi connectivity index (χ4n) is 3.43. The zero-order valence-electron chi connectivity index (χ0n) is 18.3. The number of amides is 2. The maximum Gasteiger partial charge on any atom is 0.293 e. The molecule has 174 valence electrons. The summed E-state index contributed by atoms with van der Waals surface area (Å²) in [5.41, 5.74) is 2.83. The monoisotopic (exact) mass is 601 g/mol. The van der Waals surface area contributed by atoms with Crippen LogP contribution in [-0.2, 0) is 17.8 Å². The summed E-state index contributed by atoms with van der Waals surface area (Å²) in [6, 6.07) is 21.3. The summed E-state index contributed by atoms with van der Waals surface area (Å²) in [7, 11) is 1.56. The molecule has 1 heterocycles. The topological polar surface area (TPSA) is 55.8 Å². The summed E-state index contributed by atoms with van der Waals surface area (Å²) < 4.78 is 13.2. The Labute approximate surface area is 219 Å². The fourth-order valence-corrected chi connectivity index (χ4v) is 5.13. The zero-order chi connectivity index (χ0) is 24.1. The van der Waals surface area contributed by atoms with E-state index in [0.717, 1.165) is 32.9 Å². The molecule has 3 aromatic rings. The summed E-state index contributed by atoms with van der Waals surface area (Å²) in [5, 5.41) is -0.257. The van der Waals surface area contributed by atoms with Crippen LogP contribution in [0.3, 0.4) is 0 Å². The molecule has 0 aliphatic carbocycles. The lowest BCUT2D eigenvalue weighted by Crippen LogP contribution is -2.30. The van der Waals surface area contributed by atoms with E-state index in [2.05, 4.69) is 31.9 Å². The second kappa shape index (κ2) is 11.3. The fraction of sp³-hybridized carbons (Fsp3) is 0.154. The van der Waals surface area contributed by atoms with Crippen LogP contribution in [0.25, 0.3) is 6.08 Å². The summed E-state index contributed by atoms with van der Waals surface area (Å²) in [6.45, 7) is 0.726. The molecule has 0 aromatic heterocycles. The molecule has 34 heavy (non-hydrogen) atoms. The third-order valence-corrected chi connectivity index (χ3v) is 7.21. The number of hydrogen-bond acceptors (Lipinski definition) is 5. The number of nitrogens with zero attached hydrogens (tertiary/aromatic N) is 1. The van der Waals surface area contributed by atoms with Gasteiger partial charge in [0.25, 0.3) is 11.1 Å². The van der Waals surface area contributed by atoms with E-state index in [1.165, 1.54) is 4.90 Å². The van der Waals surface area contributed by atoms with E-state index >= 15 is 0 Å². The molecule has 1 aliphatic heterocycles. The molecular weight excluding hydrogens is 582 g/mol. The van der Waals surface area contributed by atoms with Crippen molar-refractivity contribution in [3.05, 3.63) is 97.3 Å². The molecule has 0 bridgehead atoms. The van der Waals surface area contributed by atoms with E-state index in [1.807, 2.05) is 60.7 Å². The number of imide groups is 1. The molecule has 2 amide bonds. The Bertz CT molecular complexity index is 1230. The van der Waals surface area contributed by atoms with Crippen LogP contribution in [0.1, 0.15) is 16.7 Å². The number of thioether (sulfide) groups is 1.